The van der Waals surface area contributed by atoms with Gasteiger partial charge < -0.3 is 29.6 Å². The summed E-state index contributed by atoms with van der Waals surface area (Å²) in [7, 11) is 0. The summed E-state index contributed by atoms with van der Waals surface area (Å²) in [6.07, 6.45) is 8.97. The van der Waals surface area contributed by atoms with Crippen LogP contribution in [-0.2, 0) is 14.2 Å². The third-order valence-corrected chi connectivity index (χ3v) is 5.27. The van der Waals surface area contributed by atoms with E-state index in [4.69, 9.17) is 38.0 Å². The number of nitrogens with two attached hydrogens (primary N) is 1. The predicted molar refractivity (Wildman–Crippen MR) is 111 cm³/mol. The summed E-state index contributed by atoms with van der Waals surface area (Å²) in [5.74, 6) is 2.66. The number of aliphatic hydroxyl groups is 1. The van der Waals surface area contributed by atoms with Gasteiger partial charge in [-0.1, -0.05) is 32.1 Å². The summed E-state index contributed by atoms with van der Waals surface area (Å²) in [5.41, 5.74) is 4.83. The Morgan fingerprint density at radius 3 is 3.00 bits per heavy atom. The number of carbonyl (C=O) groups is 1. The van der Waals surface area contributed by atoms with Gasteiger partial charge in [-0.15, -0.1) is 6.42 Å². The first-order chi connectivity index (χ1) is 14.4. The molecule has 3 N–H and O–H groups in total. The molecule has 3 rings (SSSR count). The molecule has 0 aliphatic carbocycles. The van der Waals surface area contributed by atoms with Gasteiger partial charge in [0.25, 0.3) is 0 Å². The topological polar surface area (TPSA) is 122 Å². The van der Waals surface area contributed by atoms with Crippen LogP contribution in [0.15, 0.2) is 12.3 Å². The summed E-state index contributed by atoms with van der Waals surface area (Å²) < 4.78 is 18.2. The van der Waals surface area contributed by atoms with E-state index in [9.17, 15) is 9.90 Å². The Hall–Kier alpha value is -2.54. The molecular weight excluding hydrogens is 412 g/mol. The fourth-order valence-corrected chi connectivity index (χ4v) is 3.63. The molecule has 2 aromatic heterocycles. The number of terminal acetylenes is 1. The molecular formula is C20H25ClN4O5. The molecule has 1 saturated heterocycles. The van der Waals surface area contributed by atoms with Crippen molar-refractivity contribution in [3.63, 3.8) is 0 Å². The fraction of sp³-hybridized carbons (Fsp3) is 0.550. The van der Waals surface area contributed by atoms with E-state index in [1.807, 2.05) is 0 Å². The quantitative estimate of drug-likeness (QED) is 0.280. The van der Waals surface area contributed by atoms with Gasteiger partial charge in [-0.25, -0.2) is 9.78 Å². The first kappa shape index (κ1) is 22.2. The summed E-state index contributed by atoms with van der Waals surface area (Å²) in [6.45, 7) is 1.82. The Kier molecular flexibility index (Phi) is 7.02. The largest absolute Gasteiger partial charge is 0.508 e. The summed E-state index contributed by atoms with van der Waals surface area (Å²) in [5, 5.41) is 10.5. The number of ether oxygens (including phenoxy) is 3. The fourth-order valence-electron chi connectivity index (χ4n) is 3.46. The van der Waals surface area contributed by atoms with Gasteiger partial charge in [0.2, 0.25) is 5.28 Å². The standard InChI is InChI=1S/C20H25ClN4O5/c1-3-5-6-7-10-28-19(27)29-14-11-15(30-20(14,4-2)12-26)25-9-8-13-16(22)23-18(21)24-17(13)25/h2,8-9,14-15,26H,3,5-7,10-12H2,1H3,(H2,22,23,24)/t14-,15+,20+/m0/s1. The highest BCUT2D eigenvalue weighted by Gasteiger charge is 2.51. The van der Waals surface area contributed by atoms with E-state index in [1.54, 1.807) is 16.8 Å². The second-order valence-corrected chi connectivity index (χ2v) is 7.44. The van der Waals surface area contributed by atoms with Crippen LogP contribution >= 0.6 is 11.6 Å². The zero-order valence-electron chi connectivity index (χ0n) is 16.7. The molecule has 0 aromatic carbocycles. The van der Waals surface area contributed by atoms with Crippen molar-refractivity contribution in [1.29, 1.82) is 0 Å². The van der Waals surface area contributed by atoms with Crippen LogP contribution in [0.25, 0.3) is 11.0 Å². The summed E-state index contributed by atoms with van der Waals surface area (Å²) in [4.78, 5) is 20.3. The van der Waals surface area contributed by atoms with Crippen molar-refractivity contribution in [2.75, 3.05) is 18.9 Å². The Morgan fingerprint density at radius 2 is 2.30 bits per heavy atom. The zero-order valence-corrected chi connectivity index (χ0v) is 17.5. The van der Waals surface area contributed by atoms with Gasteiger partial charge in [0.05, 0.1) is 18.6 Å². The number of nitrogens with zero attached hydrogens (tertiary/aromatic N) is 3. The van der Waals surface area contributed by atoms with Crippen LogP contribution < -0.4 is 5.73 Å². The Balaban J connectivity index is 1.75. The number of nitrogen functional groups attached to an aromatic ring is 1. The van der Waals surface area contributed by atoms with Gasteiger partial charge in [0.15, 0.2) is 11.7 Å². The SMILES string of the molecule is C#C[C@]1(CO)O[C@@H](n2ccc3c(N)nc(Cl)nc32)C[C@@H]1OC(=O)OCCCCCC. The van der Waals surface area contributed by atoms with Crippen LogP contribution in [0.1, 0.15) is 45.3 Å². The minimum atomic E-state index is -1.51. The predicted octanol–water partition coefficient (Wildman–Crippen LogP) is 3.05. The molecule has 3 atom stereocenters. The van der Waals surface area contributed by atoms with Crippen LogP contribution in [-0.4, -0.2) is 50.7 Å². The molecule has 1 fully saturated rings. The van der Waals surface area contributed by atoms with Crippen molar-refractivity contribution in [3.05, 3.63) is 17.5 Å². The number of halogens is 1. The Morgan fingerprint density at radius 1 is 1.50 bits per heavy atom. The molecule has 162 valence electrons. The van der Waals surface area contributed by atoms with Crippen molar-refractivity contribution in [2.24, 2.45) is 0 Å². The van der Waals surface area contributed by atoms with Crippen LogP contribution in [0, 0.1) is 12.3 Å². The van der Waals surface area contributed by atoms with Crippen molar-refractivity contribution in [3.8, 4) is 12.3 Å². The van der Waals surface area contributed by atoms with Crippen molar-refractivity contribution >= 4 is 34.6 Å². The van der Waals surface area contributed by atoms with Crippen molar-refractivity contribution in [1.82, 2.24) is 14.5 Å². The third-order valence-electron chi connectivity index (χ3n) is 5.10. The Bertz CT molecular complexity index is 943. The van der Waals surface area contributed by atoms with E-state index in [2.05, 4.69) is 22.8 Å². The molecule has 1 aliphatic heterocycles. The molecule has 0 radical (unpaired) electrons. The van der Waals surface area contributed by atoms with E-state index in [0.717, 1.165) is 25.7 Å². The minimum absolute atomic E-state index is 0.0113. The van der Waals surface area contributed by atoms with Crippen molar-refractivity contribution < 1.29 is 24.1 Å². The smallest absolute Gasteiger partial charge is 0.434 e. The second-order valence-electron chi connectivity index (χ2n) is 7.10. The van der Waals surface area contributed by atoms with Gasteiger partial charge in [-0.05, 0) is 24.1 Å². The maximum Gasteiger partial charge on any atom is 0.508 e. The number of aromatic nitrogens is 3. The van der Waals surface area contributed by atoms with Gasteiger partial charge >= 0.3 is 6.16 Å². The van der Waals surface area contributed by atoms with E-state index in [-0.39, 0.29) is 24.1 Å². The van der Waals surface area contributed by atoms with E-state index < -0.39 is 30.7 Å². The average Bonchev–Trinajstić information content (AvgIpc) is 3.29. The van der Waals surface area contributed by atoms with Gasteiger partial charge in [-0.2, -0.15) is 4.98 Å². The summed E-state index contributed by atoms with van der Waals surface area (Å²) >= 11 is 5.93. The van der Waals surface area contributed by atoms with Gasteiger partial charge in [-0.3, -0.25) is 0 Å². The summed E-state index contributed by atoms with van der Waals surface area (Å²) in [6, 6.07) is 1.72. The van der Waals surface area contributed by atoms with Crippen molar-refractivity contribution in [2.45, 2.75) is 57.0 Å². The number of hydrogen-bond donors (Lipinski definition) is 2. The number of aliphatic hydroxyl groups excluding tert-OH is 1. The van der Waals surface area contributed by atoms with Gasteiger partial charge in [0.1, 0.15) is 17.7 Å². The lowest BCUT2D eigenvalue weighted by Crippen LogP contribution is -2.44. The number of unbranched alkanes of at least 4 members (excludes halogenated alkanes) is 3. The zero-order chi connectivity index (χ0) is 21.7. The second kappa shape index (κ2) is 9.51. The molecule has 10 heteroatoms. The minimum Gasteiger partial charge on any atom is -0.434 e. The van der Waals surface area contributed by atoms with Crippen LogP contribution in [0.5, 0.6) is 0 Å². The average molecular weight is 437 g/mol. The number of carbonyl (C=O) groups excluding carboxylic acids is 1. The first-order valence-corrected chi connectivity index (χ1v) is 10.2. The third kappa shape index (κ3) is 4.46. The molecule has 0 bridgehead atoms. The van der Waals surface area contributed by atoms with E-state index >= 15 is 0 Å². The van der Waals surface area contributed by atoms with E-state index in [1.165, 1.54) is 0 Å². The molecule has 1 aliphatic rings. The molecule has 9 nitrogen and oxygen atoms in total. The number of hydrogen-bond acceptors (Lipinski definition) is 8. The number of anilines is 1. The maximum absolute atomic E-state index is 12.1. The lowest BCUT2D eigenvalue weighted by Gasteiger charge is -2.26. The molecule has 2 aromatic rings. The highest BCUT2D eigenvalue weighted by atomic mass is 35.5. The molecule has 0 amide bonds. The highest BCUT2D eigenvalue weighted by Crippen LogP contribution is 2.40. The monoisotopic (exact) mass is 436 g/mol. The van der Waals surface area contributed by atoms with Crippen LogP contribution in [0.2, 0.25) is 5.28 Å². The normalized spacial score (nSPS) is 23.4. The molecule has 0 unspecified atom stereocenters. The highest BCUT2D eigenvalue weighted by molar-refractivity contribution is 6.28. The molecule has 0 spiro atoms. The van der Waals surface area contributed by atoms with E-state index in [0.29, 0.717) is 11.0 Å². The lowest BCUT2D eigenvalue weighted by molar-refractivity contribution is -0.0975. The van der Waals surface area contributed by atoms with Crippen LogP contribution in [0.3, 0.4) is 0 Å². The first-order valence-electron chi connectivity index (χ1n) is 9.83. The van der Waals surface area contributed by atoms with Crippen LogP contribution in [0.4, 0.5) is 10.6 Å². The maximum atomic E-state index is 12.1. The molecule has 3 heterocycles. The molecule has 0 saturated carbocycles. The number of rotatable bonds is 8. The lowest BCUT2D eigenvalue weighted by atomic mass is 9.99. The van der Waals surface area contributed by atoms with Gasteiger partial charge in [0, 0.05) is 12.6 Å². The number of fused-ring (bicyclic) bond motifs is 1. The molecule has 30 heavy (non-hydrogen) atoms. The Labute approximate surface area is 179 Å².